The van der Waals surface area contributed by atoms with Gasteiger partial charge in [-0.3, -0.25) is 4.98 Å². The van der Waals surface area contributed by atoms with Crippen molar-refractivity contribution in [3.8, 4) is 11.3 Å². The van der Waals surface area contributed by atoms with Crippen molar-refractivity contribution in [3.63, 3.8) is 0 Å². The van der Waals surface area contributed by atoms with Gasteiger partial charge in [0.25, 0.3) is 0 Å². The summed E-state index contributed by atoms with van der Waals surface area (Å²) in [6, 6.07) is 14.5. The lowest BCUT2D eigenvalue weighted by Gasteiger charge is -2.07. The molecule has 0 aliphatic carbocycles. The molecule has 3 rings (SSSR count). The minimum atomic E-state index is 0.937. The fourth-order valence-corrected chi connectivity index (χ4v) is 2.90. The Morgan fingerprint density at radius 3 is 2.52 bits per heavy atom. The zero-order valence-corrected chi connectivity index (χ0v) is 16.2. The summed E-state index contributed by atoms with van der Waals surface area (Å²) >= 11 is 5.75. The Balaban J connectivity index is 2.04. The van der Waals surface area contributed by atoms with Gasteiger partial charge in [-0.15, -0.1) is 0 Å². The maximum absolute atomic E-state index is 4.59. The molecule has 4 heteroatoms. The van der Waals surface area contributed by atoms with Crippen molar-refractivity contribution in [2.45, 2.75) is 6.92 Å². The van der Waals surface area contributed by atoms with E-state index >= 15 is 0 Å². The second-order valence-corrected chi connectivity index (χ2v) is 7.10. The van der Waals surface area contributed by atoms with Crippen molar-refractivity contribution < 1.29 is 0 Å². The van der Waals surface area contributed by atoms with Gasteiger partial charge in [0, 0.05) is 28.0 Å². The molecule has 2 nitrogen and oxygen atoms in total. The highest BCUT2D eigenvalue weighted by molar-refractivity contribution is 14.1. The fourth-order valence-electron chi connectivity index (χ4n) is 2.26. The number of pyridine rings is 2. The number of aryl methyl sites for hydroxylation is 1. The van der Waals surface area contributed by atoms with Gasteiger partial charge in [0.1, 0.15) is 3.70 Å². The summed E-state index contributed by atoms with van der Waals surface area (Å²) in [5.41, 5.74) is 5.35. The summed E-state index contributed by atoms with van der Waals surface area (Å²) in [4.78, 5) is 9.04. The summed E-state index contributed by atoms with van der Waals surface area (Å²) in [5, 5.41) is 0. The van der Waals surface area contributed by atoms with E-state index in [1.165, 1.54) is 0 Å². The standard InChI is InChI=1S/C19H14BrIN2/c1-13-9-16(11-23-19(13)21)18-15(10-17(20)12-22-18)8-7-14-5-3-2-4-6-14/h2-12H,1H3/b8-7+. The molecule has 0 spiro atoms. The molecule has 0 aliphatic rings. The Hall–Kier alpha value is -1.53. The number of benzene rings is 1. The van der Waals surface area contributed by atoms with Crippen LogP contribution in [-0.4, -0.2) is 9.97 Å². The normalized spacial score (nSPS) is 11.1. The SMILES string of the molecule is Cc1cc(-c2ncc(Br)cc2/C=C/c2ccccc2)cnc1I. The summed E-state index contributed by atoms with van der Waals surface area (Å²) in [6.45, 7) is 2.07. The molecule has 23 heavy (non-hydrogen) atoms. The highest BCUT2D eigenvalue weighted by Gasteiger charge is 2.08. The number of rotatable bonds is 3. The molecule has 114 valence electrons. The van der Waals surface area contributed by atoms with Crippen LogP contribution in [0.4, 0.5) is 0 Å². The molecule has 2 aromatic heterocycles. The smallest absolute Gasteiger partial charge is 0.104 e. The molecule has 0 fully saturated rings. The molecular weight excluding hydrogens is 463 g/mol. The van der Waals surface area contributed by atoms with Crippen LogP contribution in [0.3, 0.4) is 0 Å². The first-order valence-electron chi connectivity index (χ1n) is 7.14. The average molecular weight is 477 g/mol. The molecule has 0 N–H and O–H groups in total. The molecule has 0 saturated heterocycles. The molecule has 0 amide bonds. The number of nitrogens with zero attached hydrogens (tertiary/aromatic N) is 2. The van der Waals surface area contributed by atoms with E-state index in [1.54, 1.807) is 0 Å². The van der Waals surface area contributed by atoms with E-state index in [1.807, 2.05) is 30.6 Å². The Morgan fingerprint density at radius 1 is 1.00 bits per heavy atom. The van der Waals surface area contributed by atoms with E-state index in [0.29, 0.717) is 0 Å². The average Bonchev–Trinajstić information content (AvgIpc) is 2.57. The summed E-state index contributed by atoms with van der Waals surface area (Å²) < 4.78 is 1.98. The molecule has 1 aromatic carbocycles. The third kappa shape index (κ3) is 4.06. The molecule has 0 radical (unpaired) electrons. The van der Waals surface area contributed by atoms with Gasteiger partial charge in [-0.2, -0.15) is 0 Å². The van der Waals surface area contributed by atoms with Gasteiger partial charge in [0.2, 0.25) is 0 Å². The van der Waals surface area contributed by atoms with E-state index in [0.717, 1.165) is 36.1 Å². The van der Waals surface area contributed by atoms with Crippen LogP contribution in [-0.2, 0) is 0 Å². The first-order valence-corrected chi connectivity index (χ1v) is 9.02. The summed E-state index contributed by atoms with van der Waals surface area (Å²) in [5.74, 6) is 0. The third-order valence-electron chi connectivity index (χ3n) is 3.43. The molecule has 0 aliphatic heterocycles. The summed E-state index contributed by atoms with van der Waals surface area (Å²) in [7, 11) is 0. The van der Waals surface area contributed by atoms with Gasteiger partial charge in [0.15, 0.2) is 0 Å². The zero-order chi connectivity index (χ0) is 16.2. The fraction of sp³-hybridized carbons (Fsp3) is 0.0526. The molecule has 3 aromatic rings. The van der Waals surface area contributed by atoms with Crippen molar-refractivity contribution in [2.75, 3.05) is 0 Å². The van der Waals surface area contributed by atoms with Crippen LogP contribution in [0.1, 0.15) is 16.7 Å². The molecule has 0 saturated carbocycles. The highest BCUT2D eigenvalue weighted by atomic mass is 127. The second-order valence-electron chi connectivity index (χ2n) is 5.17. The quantitative estimate of drug-likeness (QED) is 0.342. The van der Waals surface area contributed by atoms with E-state index < -0.39 is 0 Å². The summed E-state index contributed by atoms with van der Waals surface area (Å²) in [6.07, 6.45) is 7.89. The molecule has 2 heterocycles. The number of aromatic nitrogens is 2. The predicted molar refractivity (Wildman–Crippen MR) is 108 cm³/mol. The van der Waals surface area contributed by atoms with Crippen LogP contribution >= 0.6 is 38.5 Å². The van der Waals surface area contributed by atoms with Crippen LogP contribution in [0, 0.1) is 10.6 Å². The van der Waals surface area contributed by atoms with Crippen LogP contribution < -0.4 is 0 Å². The maximum Gasteiger partial charge on any atom is 0.104 e. The molecular formula is C19H14BrIN2. The lowest BCUT2D eigenvalue weighted by molar-refractivity contribution is 1.19. The van der Waals surface area contributed by atoms with E-state index in [9.17, 15) is 0 Å². The Morgan fingerprint density at radius 2 is 1.78 bits per heavy atom. The highest BCUT2D eigenvalue weighted by Crippen LogP contribution is 2.27. The largest absolute Gasteiger partial charge is 0.254 e. The van der Waals surface area contributed by atoms with E-state index in [4.69, 9.17) is 0 Å². The van der Waals surface area contributed by atoms with Crippen LogP contribution in [0.2, 0.25) is 0 Å². The van der Waals surface area contributed by atoms with Gasteiger partial charge in [-0.1, -0.05) is 42.5 Å². The van der Waals surface area contributed by atoms with Gasteiger partial charge in [0.05, 0.1) is 5.69 Å². The van der Waals surface area contributed by atoms with Crippen molar-refractivity contribution in [1.82, 2.24) is 9.97 Å². The van der Waals surface area contributed by atoms with Gasteiger partial charge in [-0.25, -0.2) is 4.98 Å². The van der Waals surface area contributed by atoms with Crippen LogP contribution in [0.15, 0.2) is 59.3 Å². The first-order chi connectivity index (χ1) is 11.1. The number of halogens is 2. The van der Waals surface area contributed by atoms with E-state index in [2.05, 4.69) is 91.8 Å². The van der Waals surface area contributed by atoms with Crippen LogP contribution in [0.25, 0.3) is 23.4 Å². The minimum Gasteiger partial charge on any atom is -0.254 e. The zero-order valence-electron chi connectivity index (χ0n) is 12.5. The predicted octanol–water partition coefficient (Wildman–Crippen LogP) is 5.99. The Labute approximate surface area is 158 Å². The van der Waals surface area contributed by atoms with Gasteiger partial charge < -0.3 is 0 Å². The third-order valence-corrected chi connectivity index (χ3v) is 4.99. The molecule has 0 atom stereocenters. The van der Waals surface area contributed by atoms with Crippen molar-refractivity contribution in [1.29, 1.82) is 0 Å². The molecule has 0 unspecified atom stereocenters. The van der Waals surface area contributed by atoms with Crippen molar-refractivity contribution in [3.05, 3.63) is 79.7 Å². The van der Waals surface area contributed by atoms with Gasteiger partial charge in [-0.05, 0) is 68.7 Å². The maximum atomic E-state index is 4.59. The minimum absolute atomic E-state index is 0.937. The topological polar surface area (TPSA) is 25.8 Å². The first kappa shape index (κ1) is 16.3. The Bertz CT molecular complexity index is 860. The van der Waals surface area contributed by atoms with Crippen molar-refractivity contribution in [2.24, 2.45) is 0 Å². The lowest BCUT2D eigenvalue weighted by Crippen LogP contribution is -1.93. The van der Waals surface area contributed by atoms with Crippen LogP contribution in [0.5, 0.6) is 0 Å². The number of hydrogen-bond donors (Lipinski definition) is 0. The van der Waals surface area contributed by atoms with Crippen molar-refractivity contribution >= 4 is 50.7 Å². The molecule has 0 bridgehead atoms. The second kappa shape index (κ2) is 7.36. The number of hydrogen-bond acceptors (Lipinski definition) is 2. The lowest BCUT2D eigenvalue weighted by atomic mass is 10.0. The van der Waals surface area contributed by atoms with E-state index in [-0.39, 0.29) is 0 Å². The monoisotopic (exact) mass is 476 g/mol. The van der Waals surface area contributed by atoms with Gasteiger partial charge >= 0.3 is 0 Å². The Kier molecular flexibility index (Phi) is 5.23.